The molecule has 4 nitrogen and oxygen atoms in total. The van der Waals surface area contributed by atoms with Crippen molar-refractivity contribution in [2.45, 2.75) is 45.4 Å². The second-order valence-corrected chi connectivity index (χ2v) is 3.30. The van der Waals surface area contributed by atoms with Crippen LogP contribution in [0.5, 0.6) is 0 Å². The van der Waals surface area contributed by atoms with Crippen LogP contribution in [0.3, 0.4) is 0 Å². The molecule has 0 rings (SSSR count). The van der Waals surface area contributed by atoms with Gasteiger partial charge < -0.3 is 10.4 Å². The molecule has 82 valence electrons. The molecule has 0 aliphatic carbocycles. The van der Waals surface area contributed by atoms with Gasteiger partial charge in [0.05, 0.1) is 0 Å². The zero-order valence-corrected chi connectivity index (χ0v) is 8.71. The standard InChI is InChI=1S/C10H19NO3/c1-2-3-8-11-9(12)6-4-5-7-10(13)14/h2-8H2,1H3,(H,11,12)(H,13,14). The number of aliphatic carboxylic acids is 1. The maximum atomic E-state index is 11.1. The lowest BCUT2D eigenvalue weighted by atomic mass is 10.2. The van der Waals surface area contributed by atoms with Gasteiger partial charge in [-0.1, -0.05) is 13.3 Å². The molecule has 0 saturated heterocycles. The first-order valence-corrected chi connectivity index (χ1v) is 5.15. The van der Waals surface area contributed by atoms with Crippen LogP contribution in [0, 0.1) is 0 Å². The van der Waals surface area contributed by atoms with Gasteiger partial charge in [-0.3, -0.25) is 9.59 Å². The molecule has 0 fully saturated rings. The fraction of sp³-hybridized carbons (Fsp3) is 0.800. The van der Waals surface area contributed by atoms with Gasteiger partial charge in [-0.25, -0.2) is 0 Å². The number of amides is 1. The molecule has 0 unspecified atom stereocenters. The summed E-state index contributed by atoms with van der Waals surface area (Å²) >= 11 is 0. The summed E-state index contributed by atoms with van der Waals surface area (Å²) in [4.78, 5) is 21.3. The van der Waals surface area contributed by atoms with Crippen LogP contribution < -0.4 is 5.32 Å². The van der Waals surface area contributed by atoms with Crippen LogP contribution in [0.4, 0.5) is 0 Å². The summed E-state index contributed by atoms with van der Waals surface area (Å²) in [5.74, 6) is -0.764. The van der Waals surface area contributed by atoms with Gasteiger partial charge in [0.15, 0.2) is 0 Å². The van der Waals surface area contributed by atoms with E-state index in [0.717, 1.165) is 19.4 Å². The van der Waals surface area contributed by atoms with E-state index in [4.69, 9.17) is 5.11 Å². The third-order valence-corrected chi connectivity index (χ3v) is 1.90. The quantitative estimate of drug-likeness (QED) is 0.585. The lowest BCUT2D eigenvalue weighted by molar-refractivity contribution is -0.137. The van der Waals surface area contributed by atoms with Crippen LogP contribution in [0.1, 0.15) is 45.4 Å². The summed E-state index contributed by atoms with van der Waals surface area (Å²) in [5.41, 5.74) is 0. The first-order chi connectivity index (χ1) is 6.66. The summed E-state index contributed by atoms with van der Waals surface area (Å²) in [7, 11) is 0. The van der Waals surface area contributed by atoms with E-state index in [-0.39, 0.29) is 12.3 Å². The number of carboxylic acids is 1. The van der Waals surface area contributed by atoms with Crippen molar-refractivity contribution in [2.24, 2.45) is 0 Å². The van der Waals surface area contributed by atoms with E-state index in [1.165, 1.54) is 0 Å². The van der Waals surface area contributed by atoms with Crippen molar-refractivity contribution in [3.8, 4) is 0 Å². The average Bonchev–Trinajstić information content (AvgIpc) is 2.13. The zero-order chi connectivity index (χ0) is 10.8. The molecular formula is C10H19NO3. The summed E-state index contributed by atoms with van der Waals surface area (Å²) in [5, 5.41) is 11.1. The summed E-state index contributed by atoms with van der Waals surface area (Å²) in [6.45, 7) is 2.80. The van der Waals surface area contributed by atoms with Crippen molar-refractivity contribution in [2.75, 3.05) is 6.54 Å². The fourth-order valence-electron chi connectivity index (χ4n) is 1.05. The monoisotopic (exact) mass is 201 g/mol. The van der Waals surface area contributed by atoms with E-state index in [1.54, 1.807) is 0 Å². The predicted octanol–water partition coefficient (Wildman–Crippen LogP) is 1.55. The van der Waals surface area contributed by atoms with Gasteiger partial charge in [0, 0.05) is 19.4 Å². The van der Waals surface area contributed by atoms with E-state index in [9.17, 15) is 9.59 Å². The maximum absolute atomic E-state index is 11.1. The molecule has 0 aromatic rings. The number of carbonyl (C=O) groups excluding carboxylic acids is 1. The summed E-state index contributed by atoms with van der Waals surface area (Å²) in [6.07, 6.45) is 3.90. The zero-order valence-electron chi connectivity index (χ0n) is 8.71. The highest BCUT2D eigenvalue weighted by Gasteiger charge is 2.01. The number of nitrogens with one attached hydrogen (secondary N) is 1. The molecule has 4 heteroatoms. The van der Waals surface area contributed by atoms with Gasteiger partial charge in [0.1, 0.15) is 0 Å². The Labute approximate surface area is 84.7 Å². The Kier molecular flexibility index (Phi) is 7.89. The van der Waals surface area contributed by atoms with Gasteiger partial charge in [-0.05, 0) is 19.3 Å². The van der Waals surface area contributed by atoms with Crippen LogP contribution >= 0.6 is 0 Å². The summed E-state index contributed by atoms with van der Waals surface area (Å²) < 4.78 is 0. The van der Waals surface area contributed by atoms with Crippen molar-refractivity contribution >= 4 is 11.9 Å². The number of hydrogen-bond acceptors (Lipinski definition) is 2. The molecule has 0 aliphatic heterocycles. The van der Waals surface area contributed by atoms with Gasteiger partial charge in [0.25, 0.3) is 0 Å². The smallest absolute Gasteiger partial charge is 0.303 e. The second-order valence-electron chi connectivity index (χ2n) is 3.30. The molecule has 0 saturated carbocycles. The Hall–Kier alpha value is -1.06. The highest BCUT2D eigenvalue weighted by Crippen LogP contribution is 1.99. The highest BCUT2D eigenvalue weighted by molar-refractivity contribution is 5.75. The molecular weight excluding hydrogens is 182 g/mol. The van der Waals surface area contributed by atoms with Gasteiger partial charge in [0.2, 0.25) is 5.91 Å². The van der Waals surface area contributed by atoms with Crippen LogP contribution in [0.25, 0.3) is 0 Å². The highest BCUT2D eigenvalue weighted by atomic mass is 16.4. The predicted molar refractivity (Wildman–Crippen MR) is 54.0 cm³/mol. The van der Waals surface area contributed by atoms with Crippen LogP contribution in [0.15, 0.2) is 0 Å². The SMILES string of the molecule is CCCCNC(=O)CCCCC(=O)O. The Morgan fingerprint density at radius 3 is 2.36 bits per heavy atom. The van der Waals surface area contributed by atoms with Crippen molar-refractivity contribution in [3.63, 3.8) is 0 Å². The topological polar surface area (TPSA) is 66.4 Å². The van der Waals surface area contributed by atoms with Crippen LogP contribution in [-0.2, 0) is 9.59 Å². The summed E-state index contributed by atoms with van der Waals surface area (Å²) in [6, 6.07) is 0. The van der Waals surface area contributed by atoms with E-state index in [1.807, 2.05) is 0 Å². The Bertz CT molecular complexity index is 180. The Balaban J connectivity index is 3.22. The van der Waals surface area contributed by atoms with E-state index >= 15 is 0 Å². The first-order valence-electron chi connectivity index (χ1n) is 5.15. The van der Waals surface area contributed by atoms with E-state index in [0.29, 0.717) is 19.3 Å². The van der Waals surface area contributed by atoms with E-state index in [2.05, 4.69) is 12.2 Å². The number of hydrogen-bond donors (Lipinski definition) is 2. The Morgan fingerprint density at radius 1 is 1.14 bits per heavy atom. The van der Waals surface area contributed by atoms with Crippen molar-refractivity contribution in [3.05, 3.63) is 0 Å². The largest absolute Gasteiger partial charge is 0.481 e. The van der Waals surface area contributed by atoms with Crippen LogP contribution in [0.2, 0.25) is 0 Å². The molecule has 0 aromatic heterocycles. The van der Waals surface area contributed by atoms with Crippen molar-refractivity contribution in [1.29, 1.82) is 0 Å². The molecule has 2 N–H and O–H groups in total. The normalized spacial score (nSPS) is 9.79. The molecule has 0 radical (unpaired) electrons. The Morgan fingerprint density at radius 2 is 1.79 bits per heavy atom. The van der Waals surface area contributed by atoms with Gasteiger partial charge in [-0.15, -0.1) is 0 Å². The van der Waals surface area contributed by atoms with E-state index < -0.39 is 5.97 Å². The third-order valence-electron chi connectivity index (χ3n) is 1.90. The van der Waals surface area contributed by atoms with Crippen molar-refractivity contribution in [1.82, 2.24) is 5.32 Å². The average molecular weight is 201 g/mol. The van der Waals surface area contributed by atoms with Gasteiger partial charge in [-0.2, -0.15) is 0 Å². The minimum atomic E-state index is -0.795. The first kappa shape index (κ1) is 12.9. The number of carboxylic acid groups (broad SMARTS) is 1. The molecule has 0 aliphatic rings. The lowest BCUT2D eigenvalue weighted by Crippen LogP contribution is -2.23. The fourth-order valence-corrected chi connectivity index (χ4v) is 1.05. The minimum Gasteiger partial charge on any atom is -0.481 e. The molecule has 0 bridgehead atoms. The third kappa shape index (κ3) is 9.03. The lowest BCUT2D eigenvalue weighted by Gasteiger charge is -2.02. The molecule has 1 amide bonds. The number of rotatable bonds is 8. The van der Waals surface area contributed by atoms with Gasteiger partial charge >= 0.3 is 5.97 Å². The second kappa shape index (κ2) is 8.53. The number of unbranched alkanes of at least 4 members (excludes halogenated alkanes) is 2. The molecule has 0 heterocycles. The molecule has 0 aromatic carbocycles. The minimum absolute atomic E-state index is 0.0313. The van der Waals surface area contributed by atoms with Crippen molar-refractivity contribution < 1.29 is 14.7 Å². The van der Waals surface area contributed by atoms with Crippen LogP contribution in [-0.4, -0.2) is 23.5 Å². The maximum Gasteiger partial charge on any atom is 0.303 e. The molecule has 14 heavy (non-hydrogen) atoms. The molecule has 0 atom stereocenters. The molecule has 0 spiro atoms. The number of carbonyl (C=O) groups is 2.